The lowest BCUT2D eigenvalue weighted by molar-refractivity contribution is -0.137. The molecule has 1 aromatic carbocycles. The van der Waals surface area contributed by atoms with E-state index in [-0.39, 0.29) is 0 Å². The summed E-state index contributed by atoms with van der Waals surface area (Å²) < 4.78 is 0. The number of hydrogen-bond acceptors (Lipinski definition) is 1. The number of aliphatic carboxylic acids is 1. The molecule has 0 saturated carbocycles. The number of unbranched alkanes of at least 4 members (excludes halogenated alkanes) is 10. The highest BCUT2D eigenvalue weighted by Gasteiger charge is 2.10. The molecule has 1 N–H and O–H groups in total. The van der Waals surface area contributed by atoms with E-state index in [4.69, 9.17) is 5.11 Å². The van der Waals surface area contributed by atoms with E-state index < -0.39 is 5.97 Å². The summed E-state index contributed by atoms with van der Waals surface area (Å²) in [5.41, 5.74) is 1.53. The first-order chi connectivity index (χ1) is 12.7. The average molecular weight is 361 g/mol. The number of carbonyl (C=O) groups is 1. The highest BCUT2D eigenvalue weighted by molar-refractivity contribution is 5.66. The Morgan fingerprint density at radius 2 is 1.27 bits per heavy atom. The minimum Gasteiger partial charge on any atom is -0.481 e. The van der Waals surface area contributed by atoms with Crippen molar-refractivity contribution in [3.8, 4) is 0 Å². The molecule has 0 fully saturated rings. The van der Waals surface area contributed by atoms with Gasteiger partial charge in [-0.2, -0.15) is 0 Å². The Labute approximate surface area is 161 Å². The van der Waals surface area contributed by atoms with Crippen LogP contribution in [0.3, 0.4) is 0 Å². The fourth-order valence-electron chi connectivity index (χ4n) is 3.73. The molecule has 1 unspecified atom stereocenters. The van der Waals surface area contributed by atoms with Crippen LogP contribution in [0.5, 0.6) is 0 Å². The van der Waals surface area contributed by atoms with Crippen molar-refractivity contribution in [2.75, 3.05) is 0 Å². The monoisotopic (exact) mass is 360 g/mol. The normalized spacial score (nSPS) is 12.2. The van der Waals surface area contributed by atoms with Crippen molar-refractivity contribution in [1.29, 1.82) is 0 Å². The lowest BCUT2D eigenvalue weighted by atomic mass is 9.88. The summed E-state index contributed by atoms with van der Waals surface area (Å²) in [5.74, 6) is 0.0937. The molecule has 0 aliphatic carbocycles. The molecule has 0 aromatic heterocycles. The predicted octanol–water partition coefficient (Wildman–Crippen LogP) is 7.73. The maximum absolute atomic E-state index is 10.4. The molecule has 2 heteroatoms. The lowest BCUT2D eigenvalue weighted by Gasteiger charge is -2.17. The molecule has 0 amide bonds. The molecular formula is C24H40O2. The Morgan fingerprint density at radius 1 is 0.769 bits per heavy atom. The summed E-state index contributed by atoms with van der Waals surface area (Å²) in [6.07, 6.45) is 18.1. The molecular weight excluding hydrogens is 320 g/mol. The number of carboxylic acids is 1. The molecule has 0 aliphatic heterocycles. The standard InChI is InChI=1S/C24H40O2/c1-2-3-17-22(23-19-14-12-15-20-23)18-13-10-8-6-4-5-7-9-11-16-21-24(25)26/h12,14-15,19-20,22H,2-11,13,16-18,21H2,1H3,(H,25,26). The van der Waals surface area contributed by atoms with E-state index in [9.17, 15) is 4.79 Å². The number of carboxylic acid groups (broad SMARTS) is 1. The van der Waals surface area contributed by atoms with Gasteiger partial charge in [0.25, 0.3) is 0 Å². The van der Waals surface area contributed by atoms with Gasteiger partial charge >= 0.3 is 5.97 Å². The zero-order valence-electron chi connectivity index (χ0n) is 16.9. The second-order valence-corrected chi connectivity index (χ2v) is 7.72. The molecule has 0 radical (unpaired) electrons. The molecule has 148 valence electrons. The minimum absolute atomic E-state index is 0.336. The van der Waals surface area contributed by atoms with Gasteiger partial charge in [0.05, 0.1) is 0 Å². The summed E-state index contributed by atoms with van der Waals surface area (Å²) in [5, 5.41) is 8.60. The molecule has 26 heavy (non-hydrogen) atoms. The second-order valence-electron chi connectivity index (χ2n) is 7.72. The maximum Gasteiger partial charge on any atom is 0.303 e. The Kier molecular flexibility index (Phi) is 13.9. The van der Waals surface area contributed by atoms with Crippen LogP contribution < -0.4 is 0 Å². The van der Waals surface area contributed by atoms with Crippen LogP contribution in [0.1, 0.15) is 115 Å². The van der Waals surface area contributed by atoms with E-state index in [1.54, 1.807) is 0 Å². The number of benzene rings is 1. The van der Waals surface area contributed by atoms with Crippen LogP contribution in [0.4, 0.5) is 0 Å². The van der Waals surface area contributed by atoms with Gasteiger partial charge in [-0.15, -0.1) is 0 Å². The fraction of sp³-hybridized carbons (Fsp3) is 0.708. The third kappa shape index (κ3) is 12.1. The van der Waals surface area contributed by atoms with Gasteiger partial charge < -0.3 is 5.11 Å². The zero-order chi connectivity index (χ0) is 18.9. The number of hydrogen-bond donors (Lipinski definition) is 1. The van der Waals surface area contributed by atoms with E-state index in [0.717, 1.165) is 18.8 Å². The predicted molar refractivity (Wildman–Crippen MR) is 112 cm³/mol. The largest absolute Gasteiger partial charge is 0.481 e. The van der Waals surface area contributed by atoms with Gasteiger partial charge in [-0.1, -0.05) is 108 Å². The number of rotatable bonds is 17. The van der Waals surface area contributed by atoms with Crippen molar-refractivity contribution < 1.29 is 9.90 Å². The smallest absolute Gasteiger partial charge is 0.303 e. The summed E-state index contributed by atoms with van der Waals surface area (Å²) in [6, 6.07) is 11.1. The first-order valence-corrected chi connectivity index (χ1v) is 11.0. The van der Waals surface area contributed by atoms with E-state index in [0.29, 0.717) is 6.42 Å². The SMILES string of the molecule is CCCCC(CCCCCCCCCCCCC(=O)O)c1ccccc1. The summed E-state index contributed by atoms with van der Waals surface area (Å²) in [4.78, 5) is 10.4. The van der Waals surface area contributed by atoms with Crippen LogP contribution in [-0.4, -0.2) is 11.1 Å². The molecule has 1 aromatic rings. The lowest BCUT2D eigenvalue weighted by Crippen LogP contribution is -1.99. The third-order valence-corrected chi connectivity index (χ3v) is 5.37. The molecule has 0 spiro atoms. The highest BCUT2D eigenvalue weighted by Crippen LogP contribution is 2.28. The van der Waals surface area contributed by atoms with Gasteiger partial charge in [0.15, 0.2) is 0 Å². The molecule has 2 nitrogen and oxygen atoms in total. The Bertz CT molecular complexity index is 441. The summed E-state index contributed by atoms with van der Waals surface area (Å²) in [7, 11) is 0. The molecule has 0 bridgehead atoms. The van der Waals surface area contributed by atoms with Gasteiger partial charge in [-0.25, -0.2) is 0 Å². The van der Waals surface area contributed by atoms with Crippen molar-refractivity contribution in [2.24, 2.45) is 0 Å². The van der Waals surface area contributed by atoms with Crippen molar-refractivity contribution in [1.82, 2.24) is 0 Å². The van der Waals surface area contributed by atoms with Gasteiger partial charge in [0.1, 0.15) is 0 Å². The van der Waals surface area contributed by atoms with Crippen LogP contribution in [0, 0.1) is 0 Å². The van der Waals surface area contributed by atoms with Crippen LogP contribution >= 0.6 is 0 Å². The molecule has 0 aliphatic rings. The van der Waals surface area contributed by atoms with Gasteiger partial charge in [-0.05, 0) is 30.7 Å². The van der Waals surface area contributed by atoms with Crippen LogP contribution in [0.2, 0.25) is 0 Å². The van der Waals surface area contributed by atoms with Gasteiger partial charge in [-0.3, -0.25) is 4.79 Å². The van der Waals surface area contributed by atoms with Crippen molar-refractivity contribution >= 4 is 5.97 Å². The fourth-order valence-corrected chi connectivity index (χ4v) is 3.73. The summed E-state index contributed by atoms with van der Waals surface area (Å²) in [6.45, 7) is 2.29. The molecule has 1 atom stereocenters. The van der Waals surface area contributed by atoms with Crippen LogP contribution in [0.15, 0.2) is 30.3 Å². The van der Waals surface area contributed by atoms with Crippen molar-refractivity contribution in [2.45, 2.75) is 109 Å². The second kappa shape index (κ2) is 15.9. The van der Waals surface area contributed by atoms with Crippen molar-refractivity contribution in [3.63, 3.8) is 0 Å². The molecule has 0 heterocycles. The van der Waals surface area contributed by atoms with E-state index in [1.165, 1.54) is 82.6 Å². The highest BCUT2D eigenvalue weighted by atomic mass is 16.4. The Morgan fingerprint density at radius 3 is 1.81 bits per heavy atom. The van der Waals surface area contributed by atoms with Gasteiger partial charge in [0.2, 0.25) is 0 Å². The van der Waals surface area contributed by atoms with E-state index in [1.807, 2.05) is 0 Å². The zero-order valence-corrected chi connectivity index (χ0v) is 16.9. The first kappa shape index (κ1) is 22.7. The van der Waals surface area contributed by atoms with Crippen molar-refractivity contribution in [3.05, 3.63) is 35.9 Å². The molecule has 1 rings (SSSR count). The minimum atomic E-state index is -0.658. The topological polar surface area (TPSA) is 37.3 Å². The van der Waals surface area contributed by atoms with E-state index >= 15 is 0 Å². The maximum atomic E-state index is 10.4. The first-order valence-electron chi connectivity index (χ1n) is 11.0. The van der Waals surface area contributed by atoms with Crippen LogP contribution in [0.25, 0.3) is 0 Å². The Hall–Kier alpha value is -1.31. The van der Waals surface area contributed by atoms with E-state index in [2.05, 4.69) is 37.3 Å². The van der Waals surface area contributed by atoms with Gasteiger partial charge in [0, 0.05) is 6.42 Å². The summed E-state index contributed by atoms with van der Waals surface area (Å²) >= 11 is 0. The quantitative estimate of drug-likeness (QED) is 0.289. The Balaban J connectivity index is 2.00. The van der Waals surface area contributed by atoms with Crippen LogP contribution in [-0.2, 0) is 4.79 Å². The average Bonchev–Trinajstić information content (AvgIpc) is 2.65. The molecule has 0 saturated heterocycles. The third-order valence-electron chi connectivity index (χ3n) is 5.37.